The van der Waals surface area contributed by atoms with Gasteiger partial charge in [0, 0.05) is 30.8 Å². The molecule has 1 aliphatic heterocycles. The molecule has 0 spiro atoms. The summed E-state index contributed by atoms with van der Waals surface area (Å²) >= 11 is 0. The third-order valence-corrected chi connectivity index (χ3v) is 3.49. The van der Waals surface area contributed by atoms with Crippen LogP contribution < -0.4 is 10.6 Å². The molecule has 0 saturated carbocycles. The number of anilines is 1. The van der Waals surface area contributed by atoms with Gasteiger partial charge >= 0.3 is 5.97 Å². The van der Waals surface area contributed by atoms with E-state index >= 15 is 0 Å². The predicted octanol–water partition coefficient (Wildman–Crippen LogP) is 2.12. The average Bonchev–Trinajstić information content (AvgIpc) is 2.51. The molecule has 0 radical (unpaired) electrons. The Bertz CT molecular complexity index is 514. The summed E-state index contributed by atoms with van der Waals surface area (Å²) in [5.74, 6) is -0.285. The van der Waals surface area contributed by atoms with Gasteiger partial charge in [-0.05, 0) is 43.9 Å². The van der Waals surface area contributed by atoms with Gasteiger partial charge in [0.15, 0.2) is 0 Å². The SMILES string of the molecule is CCOC(=O)CCCNC(=O)c1cccc2c1CCCN2. The van der Waals surface area contributed by atoms with Gasteiger partial charge in [0.1, 0.15) is 0 Å². The van der Waals surface area contributed by atoms with Gasteiger partial charge < -0.3 is 15.4 Å². The lowest BCUT2D eigenvalue weighted by Gasteiger charge is -2.20. The minimum atomic E-state index is -0.215. The molecule has 1 aromatic rings. The van der Waals surface area contributed by atoms with E-state index in [1.54, 1.807) is 6.92 Å². The molecule has 21 heavy (non-hydrogen) atoms. The molecule has 0 atom stereocenters. The van der Waals surface area contributed by atoms with Crippen molar-refractivity contribution < 1.29 is 14.3 Å². The lowest BCUT2D eigenvalue weighted by molar-refractivity contribution is -0.143. The first-order valence-electron chi connectivity index (χ1n) is 7.52. The zero-order chi connectivity index (χ0) is 15.1. The minimum absolute atomic E-state index is 0.0700. The maximum atomic E-state index is 12.2. The lowest BCUT2D eigenvalue weighted by Crippen LogP contribution is -2.27. The first-order valence-corrected chi connectivity index (χ1v) is 7.52. The van der Waals surface area contributed by atoms with Crippen molar-refractivity contribution in [1.29, 1.82) is 0 Å². The first kappa shape index (κ1) is 15.4. The van der Waals surface area contributed by atoms with Gasteiger partial charge in [0.2, 0.25) is 0 Å². The summed E-state index contributed by atoms with van der Waals surface area (Å²) in [6, 6.07) is 5.75. The number of rotatable bonds is 6. The second-order valence-corrected chi connectivity index (χ2v) is 5.03. The molecule has 0 aliphatic carbocycles. The van der Waals surface area contributed by atoms with E-state index in [2.05, 4.69) is 10.6 Å². The van der Waals surface area contributed by atoms with Crippen LogP contribution >= 0.6 is 0 Å². The Morgan fingerprint density at radius 3 is 3.05 bits per heavy atom. The fraction of sp³-hybridized carbons (Fsp3) is 0.500. The number of esters is 1. The standard InChI is InChI=1S/C16H22N2O3/c1-2-21-15(19)9-5-11-18-16(20)13-6-3-8-14-12(13)7-4-10-17-14/h3,6,8,17H,2,4-5,7,9-11H2,1H3,(H,18,20). The molecule has 2 N–H and O–H groups in total. The summed E-state index contributed by atoms with van der Waals surface area (Å²) in [7, 11) is 0. The number of hydrogen-bond acceptors (Lipinski definition) is 4. The van der Waals surface area contributed by atoms with Crippen LogP contribution in [0.3, 0.4) is 0 Å². The Morgan fingerprint density at radius 1 is 1.38 bits per heavy atom. The molecule has 1 aromatic carbocycles. The Morgan fingerprint density at radius 2 is 2.24 bits per heavy atom. The Hall–Kier alpha value is -2.04. The molecule has 0 fully saturated rings. The summed E-state index contributed by atoms with van der Waals surface area (Å²) in [4.78, 5) is 23.4. The molecular weight excluding hydrogens is 268 g/mol. The van der Waals surface area contributed by atoms with Crippen molar-refractivity contribution in [2.75, 3.05) is 25.0 Å². The van der Waals surface area contributed by atoms with Crippen LogP contribution in [-0.4, -0.2) is 31.6 Å². The fourth-order valence-electron chi connectivity index (χ4n) is 2.49. The molecular formula is C16H22N2O3. The van der Waals surface area contributed by atoms with Crippen molar-refractivity contribution in [3.05, 3.63) is 29.3 Å². The van der Waals surface area contributed by atoms with E-state index in [9.17, 15) is 9.59 Å². The molecule has 1 heterocycles. The Kier molecular flexibility index (Phi) is 5.60. The smallest absolute Gasteiger partial charge is 0.305 e. The molecule has 114 valence electrons. The quantitative estimate of drug-likeness (QED) is 0.622. The molecule has 1 amide bonds. The van der Waals surface area contributed by atoms with Gasteiger partial charge in [-0.2, -0.15) is 0 Å². The number of hydrogen-bond donors (Lipinski definition) is 2. The Balaban J connectivity index is 1.85. The maximum absolute atomic E-state index is 12.2. The molecule has 2 rings (SSSR count). The van der Waals surface area contributed by atoms with Crippen molar-refractivity contribution in [2.45, 2.75) is 32.6 Å². The third kappa shape index (κ3) is 4.21. The normalized spacial score (nSPS) is 13.0. The second-order valence-electron chi connectivity index (χ2n) is 5.03. The van der Waals surface area contributed by atoms with Crippen LogP contribution in [-0.2, 0) is 16.0 Å². The van der Waals surface area contributed by atoms with Gasteiger partial charge in [-0.15, -0.1) is 0 Å². The molecule has 5 nitrogen and oxygen atoms in total. The topological polar surface area (TPSA) is 67.4 Å². The third-order valence-electron chi connectivity index (χ3n) is 3.49. The molecule has 5 heteroatoms. The van der Waals surface area contributed by atoms with Gasteiger partial charge in [-0.1, -0.05) is 6.07 Å². The van der Waals surface area contributed by atoms with Crippen LogP contribution in [0.4, 0.5) is 5.69 Å². The van der Waals surface area contributed by atoms with Crippen molar-refractivity contribution >= 4 is 17.6 Å². The first-order chi connectivity index (χ1) is 10.2. The number of fused-ring (bicyclic) bond motifs is 1. The van der Waals surface area contributed by atoms with Crippen LogP contribution in [0.25, 0.3) is 0 Å². The van der Waals surface area contributed by atoms with E-state index in [1.165, 1.54) is 0 Å². The summed E-state index contributed by atoms with van der Waals surface area (Å²) < 4.78 is 4.85. The van der Waals surface area contributed by atoms with Gasteiger partial charge in [-0.3, -0.25) is 9.59 Å². The summed E-state index contributed by atoms with van der Waals surface area (Å²) in [5, 5.41) is 6.18. The van der Waals surface area contributed by atoms with Crippen LogP contribution in [0.5, 0.6) is 0 Å². The molecule has 0 aromatic heterocycles. The number of carbonyl (C=O) groups excluding carboxylic acids is 2. The summed E-state index contributed by atoms with van der Waals surface area (Å²) in [6.07, 6.45) is 2.90. The highest BCUT2D eigenvalue weighted by molar-refractivity contribution is 5.97. The van der Waals surface area contributed by atoms with E-state index < -0.39 is 0 Å². The van der Waals surface area contributed by atoms with Gasteiger partial charge in [-0.25, -0.2) is 0 Å². The van der Waals surface area contributed by atoms with E-state index in [4.69, 9.17) is 4.74 Å². The number of carbonyl (C=O) groups is 2. The number of nitrogens with one attached hydrogen (secondary N) is 2. The van der Waals surface area contributed by atoms with E-state index in [-0.39, 0.29) is 11.9 Å². The Labute approximate surface area is 125 Å². The zero-order valence-corrected chi connectivity index (χ0v) is 12.4. The van der Waals surface area contributed by atoms with Crippen molar-refractivity contribution in [1.82, 2.24) is 5.32 Å². The minimum Gasteiger partial charge on any atom is -0.466 e. The van der Waals surface area contributed by atoms with Crippen LogP contribution in [0.15, 0.2) is 18.2 Å². The molecule has 0 saturated heterocycles. The monoisotopic (exact) mass is 290 g/mol. The average molecular weight is 290 g/mol. The fourth-order valence-corrected chi connectivity index (χ4v) is 2.49. The van der Waals surface area contributed by atoms with E-state index in [0.717, 1.165) is 36.2 Å². The van der Waals surface area contributed by atoms with E-state index in [0.29, 0.717) is 26.0 Å². The van der Waals surface area contributed by atoms with E-state index in [1.807, 2.05) is 18.2 Å². The van der Waals surface area contributed by atoms with Crippen molar-refractivity contribution in [2.24, 2.45) is 0 Å². The number of amides is 1. The summed E-state index contributed by atoms with van der Waals surface area (Å²) in [6.45, 7) is 3.62. The highest BCUT2D eigenvalue weighted by Gasteiger charge is 2.16. The maximum Gasteiger partial charge on any atom is 0.305 e. The van der Waals surface area contributed by atoms with Crippen LogP contribution in [0.1, 0.15) is 42.1 Å². The highest BCUT2D eigenvalue weighted by Crippen LogP contribution is 2.25. The molecule has 0 unspecified atom stereocenters. The van der Waals surface area contributed by atoms with Gasteiger partial charge in [0.25, 0.3) is 5.91 Å². The molecule has 1 aliphatic rings. The zero-order valence-electron chi connectivity index (χ0n) is 12.4. The van der Waals surface area contributed by atoms with Gasteiger partial charge in [0.05, 0.1) is 6.61 Å². The van der Waals surface area contributed by atoms with Crippen LogP contribution in [0, 0.1) is 0 Å². The van der Waals surface area contributed by atoms with Crippen molar-refractivity contribution in [3.8, 4) is 0 Å². The summed E-state index contributed by atoms with van der Waals surface area (Å²) in [5.41, 5.74) is 2.88. The number of benzene rings is 1. The van der Waals surface area contributed by atoms with Crippen LogP contribution in [0.2, 0.25) is 0 Å². The van der Waals surface area contributed by atoms with Crippen molar-refractivity contribution in [3.63, 3.8) is 0 Å². The largest absolute Gasteiger partial charge is 0.466 e. The number of ether oxygens (including phenoxy) is 1. The molecule has 0 bridgehead atoms. The highest BCUT2D eigenvalue weighted by atomic mass is 16.5. The second kappa shape index (κ2) is 7.67. The predicted molar refractivity (Wildman–Crippen MR) is 81.5 cm³/mol. The lowest BCUT2D eigenvalue weighted by atomic mass is 9.97.